The molecule has 0 spiro atoms. The average Bonchev–Trinajstić information content (AvgIpc) is 3.09. The Labute approximate surface area is 103 Å². The van der Waals surface area contributed by atoms with E-state index in [-0.39, 0.29) is 17.6 Å². The van der Waals surface area contributed by atoms with E-state index in [1.165, 1.54) is 0 Å². The molecule has 1 saturated carbocycles. The average molecular weight is 240 g/mol. The molecule has 4 heteroatoms. The topological polar surface area (TPSA) is 64.4 Å². The Kier molecular flexibility index (Phi) is 3.46. The van der Waals surface area contributed by atoms with Crippen LogP contribution >= 0.6 is 0 Å². The maximum Gasteiger partial charge on any atom is 0.240 e. The third kappa shape index (κ3) is 2.63. The van der Waals surface area contributed by atoms with E-state index in [4.69, 9.17) is 10.5 Å². The Morgan fingerprint density at radius 2 is 2.06 bits per heavy atom. The van der Waals surface area contributed by atoms with Crippen molar-refractivity contribution in [2.45, 2.75) is 69.6 Å². The van der Waals surface area contributed by atoms with Gasteiger partial charge in [-0.2, -0.15) is 0 Å². The third-order valence-electron chi connectivity index (χ3n) is 4.36. The molecular weight excluding hydrogens is 216 g/mol. The van der Waals surface area contributed by atoms with Gasteiger partial charge in [-0.15, -0.1) is 0 Å². The van der Waals surface area contributed by atoms with Crippen molar-refractivity contribution in [2.75, 3.05) is 6.61 Å². The number of amides is 1. The van der Waals surface area contributed by atoms with Crippen molar-refractivity contribution < 1.29 is 9.53 Å². The van der Waals surface area contributed by atoms with Gasteiger partial charge in [-0.25, -0.2) is 0 Å². The summed E-state index contributed by atoms with van der Waals surface area (Å²) in [6, 6.07) is 0.233. The molecule has 1 unspecified atom stereocenters. The van der Waals surface area contributed by atoms with Crippen molar-refractivity contribution >= 4 is 5.91 Å². The van der Waals surface area contributed by atoms with E-state index < -0.39 is 5.54 Å². The van der Waals surface area contributed by atoms with Crippen molar-refractivity contribution in [2.24, 2.45) is 5.73 Å². The minimum atomic E-state index is -0.556. The fourth-order valence-electron chi connectivity index (χ4n) is 2.58. The monoisotopic (exact) mass is 240 g/mol. The Morgan fingerprint density at radius 1 is 1.41 bits per heavy atom. The van der Waals surface area contributed by atoms with Crippen LogP contribution in [0.2, 0.25) is 0 Å². The molecule has 3 N–H and O–H groups in total. The van der Waals surface area contributed by atoms with Gasteiger partial charge >= 0.3 is 0 Å². The first-order valence-electron chi connectivity index (χ1n) is 6.77. The Balaban J connectivity index is 1.91. The number of ether oxygens (including phenoxy) is 1. The van der Waals surface area contributed by atoms with E-state index in [0.717, 1.165) is 45.1 Å². The number of rotatable bonds is 4. The van der Waals surface area contributed by atoms with E-state index in [9.17, 15) is 4.79 Å². The van der Waals surface area contributed by atoms with E-state index >= 15 is 0 Å². The molecule has 98 valence electrons. The summed E-state index contributed by atoms with van der Waals surface area (Å²) in [6.45, 7) is 5.04. The highest BCUT2D eigenvalue weighted by molar-refractivity contribution is 5.89. The van der Waals surface area contributed by atoms with Crippen LogP contribution in [0.4, 0.5) is 0 Å². The van der Waals surface area contributed by atoms with Crippen molar-refractivity contribution in [3.63, 3.8) is 0 Å². The van der Waals surface area contributed by atoms with E-state index in [0.29, 0.717) is 0 Å². The van der Waals surface area contributed by atoms with Gasteiger partial charge in [0.25, 0.3) is 0 Å². The van der Waals surface area contributed by atoms with Gasteiger partial charge in [-0.1, -0.05) is 13.8 Å². The number of carbonyl (C=O) groups excluding carboxylic acids is 1. The normalized spacial score (nSPS) is 29.7. The molecule has 17 heavy (non-hydrogen) atoms. The molecule has 0 aromatic rings. The number of nitrogens with one attached hydrogen (secondary N) is 1. The minimum absolute atomic E-state index is 0.0329. The molecule has 4 nitrogen and oxygen atoms in total. The lowest BCUT2D eigenvalue weighted by molar-refractivity contribution is -0.128. The molecule has 2 fully saturated rings. The van der Waals surface area contributed by atoms with Crippen LogP contribution in [0.3, 0.4) is 0 Å². The van der Waals surface area contributed by atoms with Crippen LogP contribution in [-0.2, 0) is 9.53 Å². The van der Waals surface area contributed by atoms with Crippen molar-refractivity contribution in [3.05, 3.63) is 0 Å². The smallest absolute Gasteiger partial charge is 0.240 e. The first kappa shape index (κ1) is 12.8. The molecule has 1 amide bonds. The summed E-state index contributed by atoms with van der Waals surface area (Å²) in [5, 5.41) is 3.10. The molecule has 0 aromatic heterocycles. The standard InChI is InChI=1S/C13H24N2O2/c1-3-12(4-2)9-10(5-8-17-12)15-11(16)13(14)6-7-13/h10H,3-9,14H2,1-2H3,(H,15,16). The largest absolute Gasteiger partial charge is 0.375 e. The molecule has 1 saturated heterocycles. The summed E-state index contributed by atoms with van der Waals surface area (Å²) >= 11 is 0. The SMILES string of the molecule is CCC1(CC)CC(NC(=O)C2(N)CC2)CCO1. The Morgan fingerprint density at radius 3 is 2.59 bits per heavy atom. The fraction of sp³-hybridized carbons (Fsp3) is 0.923. The number of nitrogens with two attached hydrogens (primary N) is 1. The molecule has 0 aromatic carbocycles. The number of carbonyl (C=O) groups is 1. The second-order valence-electron chi connectivity index (χ2n) is 5.56. The molecule has 0 bridgehead atoms. The van der Waals surface area contributed by atoms with Gasteiger partial charge in [-0.3, -0.25) is 4.79 Å². The van der Waals surface area contributed by atoms with Crippen LogP contribution in [0.1, 0.15) is 52.4 Å². The summed E-state index contributed by atoms with van der Waals surface area (Å²) in [4.78, 5) is 11.9. The second-order valence-corrected chi connectivity index (χ2v) is 5.56. The van der Waals surface area contributed by atoms with E-state index in [1.807, 2.05) is 0 Å². The zero-order chi connectivity index (χ0) is 12.5. The third-order valence-corrected chi connectivity index (χ3v) is 4.36. The molecule has 1 atom stereocenters. The highest BCUT2D eigenvalue weighted by Gasteiger charge is 2.47. The van der Waals surface area contributed by atoms with Crippen molar-refractivity contribution in [1.82, 2.24) is 5.32 Å². The molecule has 2 rings (SSSR count). The predicted molar refractivity (Wildman–Crippen MR) is 66.6 cm³/mol. The maximum atomic E-state index is 11.9. The van der Waals surface area contributed by atoms with Gasteiger partial charge in [0.05, 0.1) is 11.1 Å². The van der Waals surface area contributed by atoms with E-state index in [2.05, 4.69) is 19.2 Å². The fourth-order valence-corrected chi connectivity index (χ4v) is 2.58. The Hall–Kier alpha value is -0.610. The van der Waals surface area contributed by atoms with Gasteiger partial charge in [-0.05, 0) is 38.5 Å². The van der Waals surface area contributed by atoms with Gasteiger partial charge < -0.3 is 15.8 Å². The summed E-state index contributed by atoms with van der Waals surface area (Å²) < 4.78 is 5.89. The van der Waals surface area contributed by atoms with Crippen LogP contribution in [-0.4, -0.2) is 29.7 Å². The second kappa shape index (κ2) is 4.58. The minimum Gasteiger partial charge on any atom is -0.375 e. The highest BCUT2D eigenvalue weighted by atomic mass is 16.5. The van der Waals surface area contributed by atoms with Crippen molar-refractivity contribution in [3.8, 4) is 0 Å². The van der Waals surface area contributed by atoms with Gasteiger partial charge in [0.1, 0.15) is 0 Å². The van der Waals surface area contributed by atoms with Gasteiger partial charge in [0.15, 0.2) is 0 Å². The zero-order valence-electron chi connectivity index (χ0n) is 10.9. The summed E-state index contributed by atoms with van der Waals surface area (Å²) in [5.74, 6) is 0.0329. The first-order valence-corrected chi connectivity index (χ1v) is 6.77. The quantitative estimate of drug-likeness (QED) is 0.779. The van der Waals surface area contributed by atoms with Crippen LogP contribution in [0.15, 0.2) is 0 Å². The van der Waals surface area contributed by atoms with Crippen LogP contribution < -0.4 is 11.1 Å². The highest BCUT2D eigenvalue weighted by Crippen LogP contribution is 2.34. The summed E-state index contributed by atoms with van der Waals surface area (Å²) in [6.07, 6.45) is 5.49. The lowest BCUT2D eigenvalue weighted by Crippen LogP contribution is -2.52. The summed E-state index contributed by atoms with van der Waals surface area (Å²) in [7, 11) is 0. The molecule has 2 aliphatic rings. The van der Waals surface area contributed by atoms with Crippen LogP contribution in [0, 0.1) is 0 Å². The number of hydrogen-bond acceptors (Lipinski definition) is 3. The summed E-state index contributed by atoms with van der Waals surface area (Å²) in [5.41, 5.74) is 5.30. The molecule has 1 aliphatic heterocycles. The maximum absolute atomic E-state index is 11.9. The van der Waals surface area contributed by atoms with Gasteiger partial charge in [0.2, 0.25) is 5.91 Å². The number of hydrogen-bond donors (Lipinski definition) is 2. The molecule has 1 aliphatic carbocycles. The molecular formula is C13H24N2O2. The molecule has 0 radical (unpaired) electrons. The van der Waals surface area contributed by atoms with E-state index in [1.54, 1.807) is 0 Å². The predicted octanol–water partition coefficient (Wildman–Crippen LogP) is 1.33. The first-order chi connectivity index (χ1) is 8.03. The lowest BCUT2D eigenvalue weighted by Gasteiger charge is -2.40. The van der Waals surface area contributed by atoms with Crippen molar-refractivity contribution in [1.29, 1.82) is 0 Å². The zero-order valence-corrected chi connectivity index (χ0v) is 10.9. The Bertz CT molecular complexity index is 296. The van der Waals surface area contributed by atoms with Crippen LogP contribution in [0.25, 0.3) is 0 Å². The lowest BCUT2D eigenvalue weighted by atomic mass is 9.86. The molecule has 1 heterocycles. The van der Waals surface area contributed by atoms with Crippen LogP contribution in [0.5, 0.6) is 0 Å². The van der Waals surface area contributed by atoms with Gasteiger partial charge in [0, 0.05) is 12.6 Å².